The van der Waals surface area contributed by atoms with Crippen molar-refractivity contribution in [2.24, 2.45) is 27.4 Å². The van der Waals surface area contributed by atoms with Crippen LogP contribution in [0.1, 0.15) is 88.5 Å². The van der Waals surface area contributed by atoms with E-state index in [0.717, 1.165) is 19.4 Å². The third kappa shape index (κ3) is 11.9. The number of rotatable bonds is 12. The van der Waals surface area contributed by atoms with Crippen LogP contribution in [0.4, 0.5) is 0 Å². The average Bonchev–Trinajstić information content (AvgIpc) is 2.40. The Morgan fingerprint density at radius 2 is 1.27 bits per heavy atom. The van der Waals surface area contributed by atoms with Crippen LogP contribution in [0.25, 0.3) is 0 Å². The highest BCUT2D eigenvalue weighted by Crippen LogP contribution is 2.36. The SMILES string of the molecule is CC(C)NCC(C)(C)CC(C)(C)CNC(=O)CC(C)(C)CC(C)(C)CN. The molecule has 0 saturated carbocycles. The normalized spacial score (nSPS) is 14.0. The highest BCUT2D eigenvalue weighted by Gasteiger charge is 2.32. The van der Waals surface area contributed by atoms with Gasteiger partial charge in [-0.2, -0.15) is 0 Å². The van der Waals surface area contributed by atoms with E-state index in [9.17, 15) is 4.79 Å². The van der Waals surface area contributed by atoms with Crippen LogP contribution in [0.2, 0.25) is 0 Å². The number of hydrogen-bond donors (Lipinski definition) is 3. The zero-order chi connectivity index (χ0) is 20.8. The fourth-order valence-electron chi connectivity index (χ4n) is 4.17. The lowest BCUT2D eigenvalue weighted by molar-refractivity contribution is -0.124. The van der Waals surface area contributed by atoms with Crippen molar-refractivity contribution in [2.45, 2.75) is 94.5 Å². The third-order valence-corrected chi connectivity index (χ3v) is 4.86. The minimum absolute atomic E-state index is 0.0441. The van der Waals surface area contributed by atoms with Crippen molar-refractivity contribution in [3.8, 4) is 0 Å². The van der Waals surface area contributed by atoms with E-state index in [0.29, 0.717) is 25.6 Å². The fraction of sp³-hybridized carbons (Fsp3) is 0.955. The molecule has 0 rings (SSSR count). The Morgan fingerprint density at radius 1 is 0.808 bits per heavy atom. The van der Waals surface area contributed by atoms with E-state index < -0.39 is 0 Å². The topological polar surface area (TPSA) is 67.1 Å². The van der Waals surface area contributed by atoms with Gasteiger partial charge in [0, 0.05) is 25.6 Å². The molecule has 4 nitrogen and oxygen atoms in total. The van der Waals surface area contributed by atoms with E-state index in [-0.39, 0.29) is 27.6 Å². The zero-order valence-corrected chi connectivity index (χ0v) is 19.3. The van der Waals surface area contributed by atoms with Crippen LogP contribution in [0, 0.1) is 21.7 Å². The summed E-state index contributed by atoms with van der Waals surface area (Å²) in [4.78, 5) is 12.5. The first-order chi connectivity index (χ1) is 11.5. The summed E-state index contributed by atoms with van der Waals surface area (Å²) in [5.41, 5.74) is 6.14. The Kier molecular flexibility index (Phi) is 9.32. The van der Waals surface area contributed by atoms with Crippen molar-refractivity contribution in [1.29, 1.82) is 0 Å². The van der Waals surface area contributed by atoms with Crippen LogP contribution >= 0.6 is 0 Å². The van der Waals surface area contributed by atoms with E-state index >= 15 is 0 Å². The van der Waals surface area contributed by atoms with Crippen LogP contribution in [0.15, 0.2) is 0 Å². The lowest BCUT2D eigenvalue weighted by Crippen LogP contribution is -2.42. The largest absolute Gasteiger partial charge is 0.356 e. The minimum atomic E-state index is -0.0441. The first kappa shape index (κ1) is 25.4. The van der Waals surface area contributed by atoms with Gasteiger partial charge in [-0.1, -0.05) is 69.2 Å². The van der Waals surface area contributed by atoms with Crippen LogP contribution in [-0.2, 0) is 4.79 Å². The molecule has 0 spiro atoms. The average molecular weight is 370 g/mol. The van der Waals surface area contributed by atoms with Crippen molar-refractivity contribution >= 4 is 5.91 Å². The number of amides is 1. The molecule has 0 aliphatic carbocycles. The molecule has 0 aromatic heterocycles. The molecule has 0 radical (unpaired) electrons. The molecule has 0 saturated heterocycles. The summed E-state index contributed by atoms with van der Waals surface area (Å²) in [5, 5.41) is 6.71. The summed E-state index contributed by atoms with van der Waals surface area (Å²) in [6, 6.07) is 0.497. The Bertz CT molecular complexity index is 437. The fourth-order valence-corrected chi connectivity index (χ4v) is 4.17. The Balaban J connectivity index is 4.55. The van der Waals surface area contributed by atoms with Crippen molar-refractivity contribution in [2.75, 3.05) is 19.6 Å². The lowest BCUT2D eigenvalue weighted by atomic mass is 9.73. The Morgan fingerprint density at radius 3 is 1.73 bits per heavy atom. The van der Waals surface area contributed by atoms with Gasteiger partial charge in [-0.05, 0) is 41.0 Å². The standard InChI is InChI=1S/C22H47N3O/c1-17(2)24-15-21(7,8)13-22(9,10)16-25-18(26)11-19(3,4)12-20(5,6)14-23/h17,24H,11-16,23H2,1-10H3,(H,25,26). The second-order valence-electron chi connectivity index (χ2n) is 11.7. The maximum absolute atomic E-state index is 12.5. The Hall–Kier alpha value is -0.610. The van der Waals surface area contributed by atoms with Crippen molar-refractivity contribution in [3.05, 3.63) is 0 Å². The van der Waals surface area contributed by atoms with Crippen LogP contribution in [-0.4, -0.2) is 31.6 Å². The number of carbonyl (C=O) groups is 1. The summed E-state index contributed by atoms with van der Waals surface area (Å²) in [6.45, 7) is 24.4. The summed E-state index contributed by atoms with van der Waals surface area (Å²) in [6.07, 6.45) is 2.55. The van der Waals surface area contributed by atoms with E-state index in [1.54, 1.807) is 0 Å². The van der Waals surface area contributed by atoms with Gasteiger partial charge in [0.25, 0.3) is 0 Å². The van der Waals surface area contributed by atoms with Gasteiger partial charge in [0.15, 0.2) is 0 Å². The predicted octanol–water partition coefficient (Wildman–Crippen LogP) is 4.33. The van der Waals surface area contributed by atoms with Gasteiger partial charge < -0.3 is 16.4 Å². The molecule has 0 aliphatic rings. The monoisotopic (exact) mass is 369 g/mol. The molecule has 156 valence electrons. The van der Waals surface area contributed by atoms with E-state index in [2.05, 4.69) is 79.9 Å². The molecule has 26 heavy (non-hydrogen) atoms. The van der Waals surface area contributed by atoms with Crippen LogP contribution in [0.3, 0.4) is 0 Å². The molecule has 4 N–H and O–H groups in total. The molecular formula is C22H47N3O. The number of nitrogens with one attached hydrogen (secondary N) is 2. The van der Waals surface area contributed by atoms with E-state index in [1.165, 1.54) is 0 Å². The third-order valence-electron chi connectivity index (χ3n) is 4.86. The minimum Gasteiger partial charge on any atom is -0.356 e. The lowest BCUT2D eigenvalue weighted by Gasteiger charge is -2.37. The summed E-state index contributed by atoms with van der Waals surface area (Å²) in [5.74, 6) is 0.147. The first-order valence-corrected chi connectivity index (χ1v) is 10.2. The van der Waals surface area contributed by atoms with E-state index in [1.807, 2.05) is 0 Å². The maximum atomic E-state index is 12.5. The van der Waals surface area contributed by atoms with Crippen molar-refractivity contribution < 1.29 is 4.79 Å². The smallest absolute Gasteiger partial charge is 0.220 e. The molecule has 1 amide bonds. The quantitative estimate of drug-likeness (QED) is 0.479. The maximum Gasteiger partial charge on any atom is 0.220 e. The second-order valence-corrected chi connectivity index (χ2v) is 11.7. The van der Waals surface area contributed by atoms with Crippen LogP contribution < -0.4 is 16.4 Å². The van der Waals surface area contributed by atoms with Gasteiger partial charge >= 0.3 is 0 Å². The number of nitrogens with two attached hydrogens (primary N) is 1. The van der Waals surface area contributed by atoms with Gasteiger partial charge in [-0.15, -0.1) is 0 Å². The van der Waals surface area contributed by atoms with Crippen LogP contribution in [0.5, 0.6) is 0 Å². The molecule has 0 heterocycles. The molecule has 0 aromatic rings. The molecule has 0 fully saturated rings. The molecule has 0 unspecified atom stereocenters. The van der Waals surface area contributed by atoms with Crippen molar-refractivity contribution in [1.82, 2.24) is 10.6 Å². The summed E-state index contributed by atoms with van der Waals surface area (Å²) < 4.78 is 0. The highest BCUT2D eigenvalue weighted by molar-refractivity contribution is 5.76. The van der Waals surface area contributed by atoms with Gasteiger partial charge in [0.2, 0.25) is 5.91 Å². The molecule has 0 atom stereocenters. The molecule has 0 bridgehead atoms. The Labute approximate surface area is 163 Å². The molecular weight excluding hydrogens is 322 g/mol. The van der Waals surface area contributed by atoms with Gasteiger partial charge in [-0.3, -0.25) is 4.79 Å². The molecule has 0 aromatic carbocycles. The number of hydrogen-bond acceptors (Lipinski definition) is 3. The second kappa shape index (κ2) is 9.54. The zero-order valence-electron chi connectivity index (χ0n) is 19.3. The number of carbonyl (C=O) groups excluding carboxylic acids is 1. The van der Waals surface area contributed by atoms with Gasteiger partial charge in [0.05, 0.1) is 0 Å². The van der Waals surface area contributed by atoms with Gasteiger partial charge in [-0.25, -0.2) is 0 Å². The molecule has 0 aliphatic heterocycles. The van der Waals surface area contributed by atoms with Crippen molar-refractivity contribution in [3.63, 3.8) is 0 Å². The predicted molar refractivity (Wildman–Crippen MR) is 114 cm³/mol. The molecule has 4 heteroatoms. The summed E-state index contributed by atoms with van der Waals surface area (Å²) in [7, 11) is 0. The summed E-state index contributed by atoms with van der Waals surface area (Å²) >= 11 is 0. The highest BCUT2D eigenvalue weighted by atomic mass is 16.1. The van der Waals surface area contributed by atoms with E-state index in [4.69, 9.17) is 5.73 Å². The van der Waals surface area contributed by atoms with Gasteiger partial charge in [0.1, 0.15) is 0 Å². The first-order valence-electron chi connectivity index (χ1n) is 10.2.